The lowest BCUT2D eigenvalue weighted by molar-refractivity contribution is 0.0644. The van der Waals surface area contributed by atoms with Crippen molar-refractivity contribution in [1.82, 2.24) is 14.8 Å². The van der Waals surface area contributed by atoms with Crippen molar-refractivity contribution < 1.29 is 4.79 Å². The van der Waals surface area contributed by atoms with E-state index in [1.807, 2.05) is 41.4 Å². The summed E-state index contributed by atoms with van der Waals surface area (Å²) in [6, 6.07) is 12.3. The van der Waals surface area contributed by atoms with E-state index in [1.54, 1.807) is 0 Å². The molecule has 1 amide bonds. The summed E-state index contributed by atoms with van der Waals surface area (Å²) in [5, 5.41) is 0. The Labute approximate surface area is 163 Å². The zero-order chi connectivity index (χ0) is 19.4. The highest BCUT2D eigenvalue weighted by Gasteiger charge is 2.24. The minimum Gasteiger partial charge on any atom is -0.334 e. The Kier molecular flexibility index (Phi) is 6.27. The summed E-state index contributed by atoms with van der Waals surface area (Å²) in [5.41, 5.74) is 3.72. The van der Waals surface area contributed by atoms with Crippen molar-refractivity contribution in [2.45, 2.75) is 59.2 Å². The molecule has 144 valence electrons. The van der Waals surface area contributed by atoms with Crippen molar-refractivity contribution in [3.05, 3.63) is 53.7 Å². The van der Waals surface area contributed by atoms with Gasteiger partial charge in [0.1, 0.15) is 0 Å². The summed E-state index contributed by atoms with van der Waals surface area (Å²) < 4.78 is 0. The molecule has 1 aromatic heterocycles. The molecule has 0 spiro atoms. The van der Waals surface area contributed by atoms with Gasteiger partial charge in [-0.05, 0) is 71.3 Å². The SMILES string of the molecule is CC(C)N(C(=O)c1ccccc1-c1ccc(CN2CCCC2)cn1)C(C)C. The summed E-state index contributed by atoms with van der Waals surface area (Å²) in [5.74, 6) is 0.0681. The Bertz CT molecular complexity index is 753. The summed E-state index contributed by atoms with van der Waals surface area (Å²) in [7, 11) is 0. The molecule has 0 radical (unpaired) electrons. The van der Waals surface area contributed by atoms with Gasteiger partial charge >= 0.3 is 0 Å². The van der Waals surface area contributed by atoms with Gasteiger partial charge in [-0.2, -0.15) is 0 Å². The Balaban J connectivity index is 1.86. The van der Waals surface area contributed by atoms with E-state index in [2.05, 4.69) is 43.6 Å². The molecule has 0 bridgehead atoms. The maximum absolute atomic E-state index is 13.2. The lowest BCUT2D eigenvalue weighted by Gasteiger charge is -2.31. The molecule has 1 aromatic carbocycles. The highest BCUT2D eigenvalue weighted by molar-refractivity contribution is 6.00. The van der Waals surface area contributed by atoms with Gasteiger partial charge in [0.05, 0.1) is 5.69 Å². The Morgan fingerprint density at radius 2 is 1.70 bits per heavy atom. The maximum Gasteiger partial charge on any atom is 0.255 e. The summed E-state index contributed by atoms with van der Waals surface area (Å²) in [6.07, 6.45) is 4.55. The monoisotopic (exact) mass is 365 g/mol. The molecule has 0 unspecified atom stereocenters. The van der Waals surface area contributed by atoms with Crippen LogP contribution in [0.2, 0.25) is 0 Å². The lowest BCUT2D eigenvalue weighted by Crippen LogP contribution is -2.42. The Morgan fingerprint density at radius 1 is 1.04 bits per heavy atom. The maximum atomic E-state index is 13.2. The van der Waals surface area contributed by atoms with Crippen LogP contribution < -0.4 is 0 Å². The standard InChI is InChI=1S/C23H31N3O/c1-17(2)26(18(3)4)23(27)21-10-6-5-9-20(21)22-12-11-19(15-24-22)16-25-13-7-8-14-25/h5-6,9-12,15,17-18H,7-8,13-14,16H2,1-4H3. The van der Waals surface area contributed by atoms with E-state index < -0.39 is 0 Å². The molecule has 1 aliphatic rings. The highest BCUT2D eigenvalue weighted by Crippen LogP contribution is 2.25. The number of rotatable bonds is 6. The number of carbonyl (C=O) groups excluding carboxylic acids is 1. The van der Waals surface area contributed by atoms with Crippen LogP contribution in [-0.4, -0.2) is 45.9 Å². The van der Waals surface area contributed by atoms with Crippen LogP contribution >= 0.6 is 0 Å². The number of benzene rings is 1. The first-order valence-corrected chi connectivity index (χ1v) is 10.1. The largest absolute Gasteiger partial charge is 0.334 e. The molecule has 0 atom stereocenters. The summed E-state index contributed by atoms with van der Waals surface area (Å²) in [4.78, 5) is 22.3. The molecule has 1 saturated heterocycles. The Morgan fingerprint density at radius 3 is 2.30 bits per heavy atom. The number of hydrogen-bond donors (Lipinski definition) is 0. The van der Waals surface area contributed by atoms with Gasteiger partial charge in [-0.25, -0.2) is 0 Å². The third kappa shape index (κ3) is 4.56. The van der Waals surface area contributed by atoms with E-state index in [1.165, 1.54) is 31.5 Å². The second-order valence-corrected chi connectivity index (χ2v) is 7.98. The number of nitrogens with zero attached hydrogens (tertiary/aromatic N) is 3. The molecule has 4 heteroatoms. The fourth-order valence-electron chi connectivity index (χ4n) is 3.97. The molecule has 1 aliphatic heterocycles. The molecular weight excluding hydrogens is 334 g/mol. The molecule has 3 rings (SSSR count). The van der Waals surface area contributed by atoms with E-state index in [0.29, 0.717) is 0 Å². The molecule has 2 aromatic rings. The summed E-state index contributed by atoms with van der Waals surface area (Å²) >= 11 is 0. The minimum atomic E-state index is 0.0681. The van der Waals surface area contributed by atoms with Crippen LogP contribution in [0.3, 0.4) is 0 Å². The minimum absolute atomic E-state index is 0.0681. The van der Waals surface area contributed by atoms with Gasteiger partial charge < -0.3 is 4.90 Å². The van der Waals surface area contributed by atoms with E-state index in [9.17, 15) is 4.79 Å². The van der Waals surface area contributed by atoms with Crippen LogP contribution in [0.5, 0.6) is 0 Å². The zero-order valence-electron chi connectivity index (χ0n) is 17.0. The molecule has 27 heavy (non-hydrogen) atoms. The van der Waals surface area contributed by atoms with Crippen LogP contribution in [0.25, 0.3) is 11.3 Å². The fourth-order valence-corrected chi connectivity index (χ4v) is 3.97. The third-order valence-electron chi connectivity index (χ3n) is 5.21. The number of hydrogen-bond acceptors (Lipinski definition) is 3. The molecule has 0 saturated carbocycles. The van der Waals surface area contributed by atoms with Gasteiger partial charge in [0, 0.05) is 36.0 Å². The van der Waals surface area contributed by atoms with Crippen LogP contribution in [0.1, 0.15) is 56.5 Å². The van der Waals surface area contributed by atoms with Gasteiger partial charge in [0.15, 0.2) is 0 Å². The second-order valence-electron chi connectivity index (χ2n) is 7.98. The van der Waals surface area contributed by atoms with Crippen molar-refractivity contribution >= 4 is 5.91 Å². The highest BCUT2D eigenvalue weighted by atomic mass is 16.2. The predicted molar refractivity (Wildman–Crippen MR) is 111 cm³/mol. The number of aromatic nitrogens is 1. The van der Waals surface area contributed by atoms with Gasteiger partial charge in [0.25, 0.3) is 5.91 Å². The number of likely N-dealkylation sites (tertiary alicyclic amines) is 1. The average molecular weight is 366 g/mol. The van der Waals surface area contributed by atoms with E-state index >= 15 is 0 Å². The van der Waals surface area contributed by atoms with Gasteiger partial charge in [0.2, 0.25) is 0 Å². The van der Waals surface area contributed by atoms with Gasteiger partial charge in [-0.15, -0.1) is 0 Å². The first-order valence-electron chi connectivity index (χ1n) is 10.1. The third-order valence-corrected chi connectivity index (χ3v) is 5.21. The molecule has 1 fully saturated rings. The first-order chi connectivity index (χ1) is 13.0. The van der Waals surface area contributed by atoms with Crippen molar-refractivity contribution in [2.75, 3.05) is 13.1 Å². The fraction of sp³-hybridized carbons (Fsp3) is 0.478. The molecule has 0 N–H and O–H groups in total. The average Bonchev–Trinajstić information content (AvgIpc) is 3.15. The topological polar surface area (TPSA) is 36.4 Å². The molecular formula is C23H31N3O. The molecule has 2 heterocycles. The predicted octanol–water partition coefficient (Wildman–Crippen LogP) is 4.60. The number of amides is 1. The van der Waals surface area contributed by atoms with Crippen LogP contribution in [-0.2, 0) is 6.54 Å². The molecule has 0 aliphatic carbocycles. The smallest absolute Gasteiger partial charge is 0.255 e. The first kappa shape index (κ1) is 19.6. The van der Waals surface area contributed by atoms with Crippen LogP contribution in [0.4, 0.5) is 0 Å². The van der Waals surface area contributed by atoms with E-state index in [-0.39, 0.29) is 18.0 Å². The van der Waals surface area contributed by atoms with Crippen molar-refractivity contribution in [3.63, 3.8) is 0 Å². The van der Waals surface area contributed by atoms with Crippen LogP contribution in [0, 0.1) is 0 Å². The van der Waals surface area contributed by atoms with Crippen LogP contribution in [0.15, 0.2) is 42.6 Å². The quantitative estimate of drug-likeness (QED) is 0.750. The van der Waals surface area contributed by atoms with Crippen molar-refractivity contribution in [1.29, 1.82) is 0 Å². The molecule has 4 nitrogen and oxygen atoms in total. The Hall–Kier alpha value is -2.20. The normalized spacial score (nSPS) is 14.9. The van der Waals surface area contributed by atoms with E-state index in [0.717, 1.165) is 23.4 Å². The summed E-state index contributed by atoms with van der Waals surface area (Å²) in [6.45, 7) is 11.6. The van der Waals surface area contributed by atoms with Gasteiger partial charge in [-0.3, -0.25) is 14.7 Å². The number of pyridine rings is 1. The van der Waals surface area contributed by atoms with Gasteiger partial charge in [-0.1, -0.05) is 24.3 Å². The second kappa shape index (κ2) is 8.66. The zero-order valence-corrected chi connectivity index (χ0v) is 17.0. The van der Waals surface area contributed by atoms with Crippen molar-refractivity contribution in [2.24, 2.45) is 0 Å². The number of carbonyl (C=O) groups is 1. The van der Waals surface area contributed by atoms with E-state index in [4.69, 9.17) is 0 Å². The lowest BCUT2D eigenvalue weighted by atomic mass is 10.0. The van der Waals surface area contributed by atoms with Crippen molar-refractivity contribution in [3.8, 4) is 11.3 Å².